The molecule has 0 fully saturated rings. The van der Waals surface area contributed by atoms with E-state index < -0.39 is 0 Å². The number of carbonyl (C=O) groups is 1. The summed E-state index contributed by atoms with van der Waals surface area (Å²) < 4.78 is 1.96. The number of carbonyl (C=O) groups excluding carboxylic acids is 1. The van der Waals surface area contributed by atoms with Crippen molar-refractivity contribution in [1.29, 1.82) is 0 Å². The van der Waals surface area contributed by atoms with Crippen LogP contribution in [-0.2, 0) is 17.8 Å². The van der Waals surface area contributed by atoms with Crippen molar-refractivity contribution in [2.24, 2.45) is 0 Å². The SMILES string of the molecule is O=C(CCc1cccnc1)NCc1cn2ccsc2n1. The van der Waals surface area contributed by atoms with Gasteiger partial charge in [-0.2, -0.15) is 0 Å². The minimum Gasteiger partial charge on any atom is -0.350 e. The average Bonchev–Trinajstić information content (AvgIpc) is 3.05. The van der Waals surface area contributed by atoms with Crippen LogP contribution in [0.1, 0.15) is 17.7 Å². The zero-order valence-electron chi connectivity index (χ0n) is 10.8. The van der Waals surface area contributed by atoms with Crippen LogP contribution in [0.4, 0.5) is 0 Å². The van der Waals surface area contributed by atoms with Gasteiger partial charge >= 0.3 is 0 Å². The van der Waals surface area contributed by atoms with Crippen molar-refractivity contribution in [3.8, 4) is 0 Å². The first-order valence-electron chi connectivity index (χ1n) is 6.38. The maximum atomic E-state index is 11.8. The Hall–Kier alpha value is -2.21. The number of pyridine rings is 1. The van der Waals surface area contributed by atoms with Crippen LogP contribution >= 0.6 is 11.3 Å². The Morgan fingerprint density at radius 1 is 1.45 bits per heavy atom. The van der Waals surface area contributed by atoms with E-state index in [1.807, 2.05) is 34.3 Å². The quantitative estimate of drug-likeness (QED) is 0.781. The van der Waals surface area contributed by atoms with Crippen LogP contribution in [-0.4, -0.2) is 20.3 Å². The number of aromatic nitrogens is 3. The first-order valence-corrected chi connectivity index (χ1v) is 7.26. The summed E-state index contributed by atoms with van der Waals surface area (Å²) in [6.07, 6.45) is 8.59. The molecule has 102 valence electrons. The maximum absolute atomic E-state index is 11.8. The molecule has 3 aromatic rings. The van der Waals surface area contributed by atoms with E-state index in [9.17, 15) is 4.79 Å². The number of hydrogen-bond donors (Lipinski definition) is 1. The normalized spacial score (nSPS) is 10.8. The van der Waals surface area contributed by atoms with Crippen LogP contribution in [0.25, 0.3) is 4.96 Å². The van der Waals surface area contributed by atoms with Crippen LogP contribution < -0.4 is 5.32 Å². The highest BCUT2D eigenvalue weighted by Gasteiger charge is 2.05. The van der Waals surface area contributed by atoms with E-state index >= 15 is 0 Å². The molecule has 0 aliphatic carbocycles. The zero-order chi connectivity index (χ0) is 13.8. The summed E-state index contributed by atoms with van der Waals surface area (Å²) in [5.74, 6) is 0.0326. The summed E-state index contributed by atoms with van der Waals surface area (Å²) in [5.41, 5.74) is 1.96. The lowest BCUT2D eigenvalue weighted by atomic mass is 10.1. The number of rotatable bonds is 5. The molecule has 1 N–H and O–H groups in total. The van der Waals surface area contributed by atoms with E-state index in [1.165, 1.54) is 0 Å². The fraction of sp³-hybridized carbons (Fsp3) is 0.214. The summed E-state index contributed by atoms with van der Waals surface area (Å²) in [4.78, 5) is 21.2. The molecule has 6 heteroatoms. The topological polar surface area (TPSA) is 59.3 Å². The highest BCUT2D eigenvalue weighted by Crippen LogP contribution is 2.11. The number of imidazole rings is 1. The van der Waals surface area contributed by atoms with Gasteiger partial charge in [-0.05, 0) is 18.1 Å². The van der Waals surface area contributed by atoms with E-state index in [4.69, 9.17) is 0 Å². The van der Waals surface area contributed by atoms with Gasteiger partial charge in [-0.1, -0.05) is 6.07 Å². The number of thiazole rings is 1. The lowest BCUT2D eigenvalue weighted by molar-refractivity contribution is -0.121. The second-order valence-electron chi connectivity index (χ2n) is 4.46. The molecule has 0 spiro atoms. The summed E-state index contributed by atoms with van der Waals surface area (Å²) in [6.45, 7) is 0.472. The molecule has 0 atom stereocenters. The zero-order valence-corrected chi connectivity index (χ0v) is 11.6. The van der Waals surface area contributed by atoms with Gasteiger partial charge in [0.05, 0.1) is 12.2 Å². The minimum absolute atomic E-state index is 0.0326. The average molecular weight is 286 g/mol. The van der Waals surface area contributed by atoms with E-state index in [-0.39, 0.29) is 5.91 Å². The molecule has 5 nitrogen and oxygen atoms in total. The Bertz CT molecular complexity index is 676. The van der Waals surface area contributed by atoms with E-state index in [2.05, 4.69) is 15.3 Å². The lowest BCUT2D eigenvalue weighted by Crippen LogP contribution is -2.23. The Morgan fingerprint density at radius 2 is 2.40 bits per heavy atom. The van der Waals surface area contributed by atoms with Crippen LogP contribution in [0.15, 0.2) is 42.3 Å². The Morgan fingerprint density at radius 3 is 3.20 bits per heavy atom. The third-order valence-electron chi connectivity index (χ3n) is 2.97. The highest BCUT2D eigenvalue weighted by molar-refractivity contribution is 7.15. The molecule has 3 rings (SSSR count). The van der Waals surface area contributed by atoms with Gasteiger partial charge in [0.1, 0.15) is 0 Å². The highest BCUT2D eigenvalue weighted by atomic mass is 32.1. The van der Waals surface area contributed by atoms with Gasteiger partial charge in [-0.15, -0.1) is 11.3 Å². The summed E-state index contributed by atoms with van der Waals surface area (Å²) in [5, 5.41) is 4.87. The largest absolute Gasteiger partial charge is 0.350 e. The van der Waals surface area contributed by atoms with Crippen molar-refractivity contribution in [3.63, 3.8) is 0 Å². The van der Waals surface area contributed by atoms with E-state index in [1.54, 1.807) is 23.7 Å². The van der Waals surface area contributed by atoms with Crippen LogP contribution in [0.3, 0.4) is 0 Å². The molecular formula is C14H14N4OS. The summed E-state index contributed by atoms with van der Waals surface area (Å²) in [6, 6.07) is 3.86. The molecule has 1 amide bonds. The van der Waals surface area contributed by atoms with Gasteiger partial charge in [0.15, 0.2) is 4.96 Å². The monoisotopic (exact) mass is 286 g/mol. The second kappa shape index (κ2) is 5.83. The van der Waals surface area contributed by atoms with Crippen LogP contribution in [0, 0.1) is 0 Å². The predicted octanol–water partition coefficient (Wildman–Crippen LogP) is 2.04. The molecule has 0 saturated heterocycles. The molecule has 0 unspecified atom stereocenters. The molecule has 0 aliphatic rings. The molecule has 0 aromatic carbocycles. The van der Waals surface area contributed by atoms with Gasteiger partial charge < -0.3 is 5.32 Å². The molecule has 0 aliphatic heterocycles. The number of nitrogens with zero attached hydrogens (tertiary/aromatic N) is 3. The molecule has 3 aromatic heterocycles. The molecule has 0 saturated carbocycles. The van der Waals surface area contributed by atoms with Crippen molar-refractivity contribution in [1.82, 2.24) is 19.7 Å². The molecule has 3 heterocycles. The number of nitrogens with one attached hydrogen (secondary N) is 1. The van der Waals surface area contributed by atoms with Gasteiger partial charge in [0.2, 0.25) is 5.91 Å². The summed E-state index contributed by atoms with van der Waals surface area (Å²) >= 11 is 1.58. The van der Waals surface area contributed by atoms with Gasteiger partial charge in [0.25, 0.3) is 0 Å². The van der Waals surface area contributed by atoms with Crippen molar-refractivity contribution < 1.29 is 4.79 Å². The lowest BCUT2D eigenvalue weighted by Gasteiger charge is -2.03. The standard InChI is InChI=1S/C14H14N4OS/c19-13(4-3-11-2-1-5-15-8-11)16-9-12-10-18-6-7-20-14(18)17-12/h1-2,5-8,10H,3-4,9H2,(H,16,19). The molecule has 0 radical (unpaired) electrons. The number of aryl methyl sites for hydroxylation is 1. The van der Waals surface area contributed by atoms with Crippen LogP contribution in [0.2, 0.25) is 0 Å². The maximum Gasteiger partial charge on any atom is 0.220 e. The molecule has 0 bridgehead atoms. The van der Waals surface area contributed by atoms with Gasteiger partial charge in [-0.3, -0.25) is 14.2 Å². The van der Waals surface area contributed by atoms with Crippen molar-refractivity contribution in [3.05, 3.63) is 53.6 Å². The Balaban J connectivity index is 1.48. The Labute approximate surface area is 120 Å². The van der Waals surface area contributed by atoms with E-state index in [0.717, 1.165) is 16.2 Å². The van der Waals surface area contributed by atoms with Crippen molar-refractivity contribution >= 4 is 22.2 Å². The second-order valence-corrected chi connectivity index (χ2v) is 5.34. The molecular weight excluding hydrogens is 272 g/mol. The first-order chi connectivity index (χ1) is 9.81. The van der Waals surface area contributed by atoms with Crippen molar-refractivity contribution in [2.75, 3.05) is 0 Å². The first kappa shape index (κ1) is 12.8. The van der Waals surface area contributed by atoms with E-state index in [0.29, 0.717) is 19.4 Å². The van der Waals surface area contributed by atoms with Crippen LogP contribution in [0.5, 0.6) is 0 Å². The van der Waals surface area contributed by atoms with Gasteiger partial charge in [0, 0.05) is 36.6 Å². The minimum atomic E-state index is 0.0326. The van der Waals surface area contributed by atoms with Gasteiger partial charge in [-0.25, -0.2) is 4.98 Å². The summed E-state index contributed by atoms with van der Waals surface area (Å²) in [7, 11) is 0. The fourth-order valence-corrected chi connectivity index (χ4v) is 2.66. The number of amides is 1. The Kier molecular flexibility index (Phi) is 3.73. The predicted molar refractivity (Wildman–Crippen MR) is 77.5 cm³/mol. The number of fused-ring (bicyclic) bond motifs is 1. The smallest absolute Gasteiger partial charge is 0.220 e. The van der Waals surface area contributed by atoms with Crippen molar-refractivity contribution in [2.45, 2.75) is 19.4 Å². The fourth-order valence-electron chi connectivity index (χ4n) is 1.94. The number of hydrogen-bond acceptors (Lipinski definition) is 4. The third-order valence-corrected chi connectivity index (χ3v) is 3.74. The molecule has 20 heavy (non-hydrogen) atoms. The third kappa shape index (κ3) is 3.03.